The summed E-state index contributed by atoms with van der Waals surface area (Å²) in [4.78, 5) is 28.6. The molecule has 2 amide bonds. The van der Waals surface area contributed by atoms with Gasteiger partial charge < -0.3 is 10.2 Å². The summed E-state index contributed by atoms with van der Waals surface area (Å²) in [5.74, 6) is -0.661. The van der Waals surface area contributed by atoms with E-state index in [1.165, 1.54) is 25.4 Å². The number of aryl methyl sites for hydroxylation is 2. The van der Waals surface area contributed by atoms with Crippen LogP contribution in [0.25, 0.3) is 0 Å². The van der Waals surface area contributed by atoms with Crippen LogP contribution in [0.1, 0.15) is 55.7 Å². The lowest BCUT2D eigenvalue weighted by Gasteiger charge is -2.34. The molecule has 9 heteroatoms. The van der Waals surface area contributed by atoms with E-state index < -0.39 is 28.7 Å². The van der Waals surface area contributed by atoms with Crippen molar-refractivity contribution in [1.29, 1.82) is 0 Å². The summed E-state index contributed by atoms with van der Waals surface area (Å²) in [6.45, 7) is 5.19. The molecule has 3 rings (SSSR count). The zero-order valence-electron chi connectivity index (χ0n) is 22.6. The third kappa shape index (κ3) is 7.32. The number of hydrogen-bond donors (Lipinski definition) is 1. The number of benzene rings is 2. The Morgan fingerprint density at radius 3 is 2.27 bits per heavy atom. The molecule has 8 nitrogen and oxygen atoms in total. The molecule has 202 valence electrons. The largest absolute Gasteiger partial charge is 0.352 e. The highest BCUT2D eigenvalue weighted by Gasteiger charge is 2.33. The van der Waals surface area contributed by atoms with Crippen LogP contribution in [0.4, 0.5) is 5.69 Å². The van der Waals surface area contributed by atoms with Gasteiger partial charge in [-0.1, -0.05) is 61.7 Å². The van der Waals surface area contributed by atoms with Crippen LogP contribution in [-0.2, 0) is 26.3 Å². The highest BCUT2D eigenvalue weighted by atomic mass is 32.2. The van der Waals surface area contributed by atoms with E-state index in [1.807, 2.05) is 56.3 Å². The van der Waals surface area contributed by atoms with Gasteiger partial charge in [-0.3, -0.25) is 9.59 Å². The zero-order chi connectivity index (χ0) is 27.2. The average Bonchev–Trinajstić information content (AvgIpc) is 2.87. The van der Waals surface area contributed by atoms with Crippen LogP contribution in [0, 0.1) is 13.8 Å². The summed E-state index contributed by atoms with van der Waals surface area (Å²) in [6.07, 6.45) is 5.21. The van der Waals surface area contributed by atoms with Crippen LogP contribution in [0.3, 0.4) is 0 Å². The van der Waals surface area contributed by atoms with Crippen LogP contribution in [0.5, 0.6) is 0 Å². The fourth-order valence-electron chi connectivity index (χ4n) is 4.62. The molecule has 1 aliphatic carbocycles. The third-order valence-electron chi connectivity index (χ3n) is 6.97. The molecule has 0 spiro atoms. The van der Waals surface area contributed by atoms with Gasteiger partial charge in [-0.25, -0.2) is 4.31 Å². The number of rotatable bonds is 10. The predicted octanol–water partition coefficient (Wildman–Crippen LogP) is 3.78. The van der Waals surface area contributed by atoms with E-state index >= 15 is 0 Å². The SMILES string of the molecule is Cc1ccc(C)c(N(CC(=O)N(Cc2ccccc2)[C@@H](C)C(=O)NC2CCCCC2)S(=O)(=O)N(C)C)c1. The van der Waals surface area contributed by atoms with Crippen LogP contribution < -0.4 is 9.62 Å². The van der Waals surface area contributed by atoms with E-state index in [0.717, 1.165) is 51.0 Å². The Balaban J connectivity index is 1.93. The van der Waals surface area contributed by atoms with Crippen molar-refractivity contribution in [3.05, 3.63) is 65.2 Å². The van der Waals surface area contributed by atoms with Crippen molar-refractivity contribution in [2.75, 3.05) is 24.9 Å². The first-order chi connectivity index (χ1) is 17.5. The number of anilines is 1. The minimum absolute atomic E-state index is 0.109. The first-order valence-electron chi connectivity index (χ1n) is 12.9. The lowest BCUT2D eigenvalue weighted by Crippen LogP contribution is -2.53. The standard InChI is InChI=1S/C28H40N4O4S/c1-21-16-17-22(2)26(18-21)32(37(35,36)30(4)5)20-27(33)31(19-24-12-8-6-9-13-24)23(3)28(34)29-25-14-10-7-11-15-25/h6,8-9,12-13,16-18,23,25H,7,10-11,14-15,19-20H2,1-5H3,(H,29,34)/t23-/m0/s1. The summed E-state index contributed by atoms with van der Waals surface area (Å²) in [6, 6.07) is 14.3. The molecule has 0 bridgehead atoms. The monoisotopic (exact) mass is 528 g/mol. The smallest absolute Gasteiger partial charge is 0.304 e. The summed E-state index contributed by atoms with van der Waals surface area (Å²) < 4.78 is 29.0. The van der Waals surface area contributed by atoms with Crippen molar-refractivity contribution in [3.63, 3.8) is 0 Å². The molecule has 1 fully saturated rings. The second-order valence-corrected chi connectivity index (χ2v) is 12.2. The molecule has 0 aromatic heterocycles. The molecular formula is C28H40N4O4S. The Morgan fingerprint density at radius 2 is 1.65 bits per heavy atom. The van der Waals surface area contributed by atoms with Gasteiger partial charge in [-0.15, -0.1) is 0 Å². The van der Waals surface area contributed by atoms with Gasteiger partial charge in [-0.05, 0) is 56.4 Å². The molecule has 0 unspecified atom stereocenters. The minimum atomic E-state index is -3.98. The molecule has 0 saturated heterocycles. The molecule has 1 atom stereocenters. The van der Waals surface area contributed by atoms with E-state index in [9.17, 15) is 18.0 Å². The van der Waals surface area contributed by atoms with Gasteiger partial charge in [0.25, 0.3) is 0 Å². The van der Waals surface area contributed by atoms with Gasteiger partial charge in [0.2, 0.25) is 11.8 Å². The van der Waals surface area contributed by atoms with Gasteiger partial charge in [-0.2, -0.15) is 12.7 Å². The maximum Gasteiger partial charge on any atom is 0.304 e. The second-order valence-electron chi connectivity index (χ2n) is 10.1. The molecule has 1 N–H and O–H groups in total. The predicted molar refractivity (Wildman–Crippen MR) is 147 cm³/mol. The maximum absolute atomic E-state index is 13.9. The Labute approximate surface area is 221 Å². The number of nitrogens with one attached hydrogen (secondary N) is 1. The Morgan fingerprint density at radius 1 is 1.00 bits per heavy atom. The van der Waals surface area contributed by atoms with Crippen molar-refractivity contribution < 1.29 is 18.0 Å². The Kier molecular flexibility index (Phi) is 9.73. The maximum atomic E-state index is 13.9. The topological polar surface area (TPSA) is 90.0 Å². The number of hydrogen-bond acceptors (Lipinski definition) is 4. The van der Waals surface area contributed by atoms with E-state index in [-0.39, 0.29) is 18.5 Å². The van der Waals surface area contributed by atoms with Gasteiger partial charge in [0.1, 0.15) is 12.6 Å². The lowest BCUT2D eigenvalue weighted by molar-refractivity contribution is -0.139. The first-order valence-corrected chi connectivity index (χ1v) is 14.3. The number of nitrogens with zero attached hydrogens (tertiary/aromatic N) is 3. The van der Waals surface area contributed by atoms with Gasteiger partial charge >= 0.3 is 10.2 Å². The van der Waals surface area contributed by atoms with E-state index in [4.69, 9.17) is 0 Å². The van der Waals surface area contributed by atoms with Crippen LogP contribution in [0.2, 0.25) is 0 Å². The van der Waals surface area contributed by atoms with Crippen LogP contribution >= 0.6 is 0 Å². The first kappa shape index (κ1) is 28.7. The van der Waals surface area contributed by atoms with E-state index in [0.29, 0.717) is 5.69 Å². The highest BCUT2D eigenvalue weighted by Crippen LogP contribution is 2.26. The Hall–Kier alpha value is -2.91. The van der Waals surface area contributed by atoms with Crippen LogP contribution in [-0.4, -0.2) is 62.2 Å². The molecule has 0 radical (unpaired) electrons. The zero-order valence-corrected chi connectivity index (χ0v) is 23.4. The summed E-state index contributed by atoms with van der Waals surface area (Å²) in [7, 11) is -1.09. The fraction of sp³-hybridized carbons (Fsp3) is 0.500. The van der Waals surface area contributed by atoms with Gasteiger partial charge in [0.15, 0.2) is 0 Å². The molecule has 2 aromatic rings. The summed E-state index contributed by atoms with van der Waals surface area (Å²) >= 11 is 0. The highest BCUT2D eigenvalue weighted by molar-refractivity contribution is 7.90. The summed E-state index contributed by atoms with van der Waals surface area (Å²) in [5.41, 5.74) is 2.93. The molecule has 1 aliphatic rings. The number of carbonyl (C=O) groups excluding carboxylic acids is 2. The van der Waals surface area contributed by atoms with Crippen molar-refractivity contribution in [2.24, 2.45) is 0 Å². The van der Waals surface area contributed by atoms with Crippen molar-refractivity contribution in [3.8, 4) is 0 Å². The summed E-state index contributed by atoms with van der Waals surface area (Å²) in [5, 5.41) is 3.12. The number of amides is 2. The van der Waals surface area contributed by atoms with E-state index in [1.54, 1.807) is 13.0 Å². The molecule has 2 aromatic carbocycles. The third-order valence-corrected chi connectivity index (χ3v) is 8.77. The second kappa shape index (κ2) is 12.6. The molecule has 0 heterocycles. The average molecular weight is 529 g/mol. The molecule has 0 aliphatic heterocycles. The van der Waals surface area contributed by atoms with Crippen molar-refractivity contribution >= 4 is 27.7 Å². The normalized spacial score (nSPS) is 15.3. The van der Waals surface area contributed by atoms with Gasteiger partial charge in [0, 0.05) is 26.7 Å². The molecule has 1 saturated carbocycles. The lowest BCUT2D eigenvalue weighted by atomic mass is 9.95. The molecule has 37 heavy (non-hydrogen) atoms. The fourth-order valence-corrected chi connectivity index (χ4v) is 5.73. The van der Waals surface area contributed by atoms with Crippen LogP contribution in [0.15, 0.2) is 48.5 Å². The van der Waals surface area contributed by atoms with Gasteiger partial charge in [0.05, 0.1) is 5.69 Å². The van der Waals surface area contributed by atoms with E-state index in [2.05, 4.69) is 5.32 Å². The minimum Gasteiger partial charge on any atom is -0.352 e. The Bertz CT molecular complexity index is 1180. The quantitative estimate of drug-likeness (QED) is 0.508. The van der Waals surface area contributed by atoms with Crippen molar-refractivity contribution in [2.45, 2.75) is 71.5 Å². The number of carbonyl (C=O) groups is 2. The van der Waals surface area contributed by atoms with Crippen molar-refractivity contribution in [1.82, 2.24) is 14.5 Å². The molecular weight excluding hydrogens is 488 g/mol.